The third kappa shape index (κ3) is 3.39. The predicted molar refractivity (Wildman–Crippen MR) is 90.6 cm³/mol. The Morgan fingerprint density at radius 3 is 2.67 bits per heavy atom. The largest absolute Gasteiger partial charge is 0.454 e. The molecule has 1 amide bonds. The smallest absolute Gasteiger partial charge is 0.266 e. The van der Waals surface area contributed by atoms with Gasteiger partial charge in [0.1, 0.15) is 11.6 Å². The number of amides is 1. The Labute approximate surface area is 140 Å². The van der Waals surface area contributed by atoms with Crippen molar-refractivity contribution in [2.24, 2.45) is 0 Å². The maximum absolute atomic E-state index is 12.3. The fraction of sp³-hybridized carbons (Fsp3) is 0.158. The number of ether oxygens (including phenoxy) is 2. The summed E-state index contributed by atoms with van der Waals surface area (Å²) in [7, 11) is 0. The number of anilines is 1. The Balaban J connectivity index is 1.76. The van der Waals surface area contributed by atoms with E-state index in [2.05, 4.69) is 12.2 Å². The molecule has 0 unspecified atom stereocenters. The van der Waals surface area contributed by atoms with Crippen LogP contribution in [0.25, 0.3) is 6.08 Å². The first kappa shape index (κ1) is 15.6. The number of nitrogens with zero attached hydrogens (tertiary/aromatic N) is 1. The van der Waals surface area contributed by atoms with Gasteiger partial charge >= 0.3 is 0 Å². The molecule has 120 valence electrons. The van der Waals surface area contributed by atoms with Gasteiger partial charge in [0.05, 0.1) is 0 Å². The summed E-state index contributed by atoms with van der Waals surface area (Å²) >= 11 is 0. The third-order valence-corrected chi connectivity index (χ3v) is 3.69. The molecule has 0 saturated carbocycles. The van der Waals surface area contributed by atoms with Crippen molar-refractivity contribution in [1.82, 2.24) is 0 Å². The van der Waals surface area contributed by atoms with E-state index in [4.69, 9.17) is 9.47 Å². The highest BCUT2D eigenvalue weighted by Crippen LogP contribution is 2.34. The molecular weight excluding hydrogens is 304 g/mol. The Bertz CT molecular complexity index is 833. The highest BCUT2D eigenvalue weighted by atomic mass is 16.7. The molecule has 2 aromatic carbocycles. The minimum Gasteiger partial charge on any atom is -0.454 e. The van der Waals surface area contributed by atoms with E-state index in [1.165, 1.54) is 5.56 Å². The van der Waals surface area contributed by atoms with Crippen LogP contribution in [0.1, 0.15) is 18.1 Å². The summed E-state index contributed by atoms with van der Waals surface area (Å²) < 4.78 is 10.5. The van der Waals surface area contributed by atoms with E-state index < -0.39 is 5.91 Å². The molecule has 3 rings (SSSR count). The number of benzene rings is 2. The Hall–Kier alpha value is -3.26. The zero-order chi connectivity index (χ0) is 16.9. The van der Waals surface area contributed by atoms with Gasteiger partial charge in [-0.3, -0.25) is 4.79 Å². The van der Waals surface area contributed by atoms with Crippen LogP contribution in [0.5, 0.6) is 11.5 Å². The summed E-state index contributed by atoms with van der Waals surface area (Å²) in [4.78, 5) is 12.3. The maximum Gasteiger partial charge on any atom is 0.266 e. The van der Waals surface area contributed by atoms with E-state index in [1.54, 1.807) is 24.3 Å². The normalized spacial score (nSPS) is 12.6. The molecule has 0 bridgehead atoms. The SMILES string of the molecule is CCc1ccc(/C=C(\C#N)C(=O)Nc2ccc3c(c2)OCO3)cc1. The predicted octanol–water partition coefficient (Wildman–Crippen LogP) is 3.52. The second-order valence-corrected chi connectivity index (χ2v) is 5.29. The van der Waals surface area contributed by atoms with Crippen molar-refractivity contribution < 1.29 is 14.3 Å². The van der Waals surface area contributed by atoms with Gasteiger partial charge in [0.2, 0.25) is 6.79 Å². The topological polar surface area (TPSA) is 71.4 Å². The van der Waals surface area contributed by atoms with Crippen molar-refractivity contribution in [2.75, 3.05) is 12.1 Å². The average Bonchev–Trinajstić information content (AvgIpc) is 3.07. The molecule has 0 radical (unpaired) electrons. The maximum atomic E-state index is 12.3. The number of carbonyl (C=O) groups excluding carboxylic acids is 1. The molecule has 5 heteroatoms. The van der Waals surface area contributed by atoms with Crippen LogP contribution in [0.15, 0.2) is 48.0 Å². The van der Waals surface area contributed by atoms with Gasteiger partial charge in [0, 0.05) is 11.8 Å². The second kappa shape index (κ2) is 6.88. The molecule has 2 aromatic rings. The molecule has 24 heavy (non-hydrogen) atoms. The van der Waals surface area contributed by atoms with Crippen LogP contribution in [-0.2, 0) is 11.2 Å². The van der Waals surface area contributed by atoms with Crippen LogP contribution in [0.3, 0.4) is 0 Å². The number of rotatable bonds is 4. The number of nitriles is 1. The van der Waals surface area contributed by atoms with E-state index in [-0.39, 0.29) is 12.4 Å². The number of nitrogens with one attached hydrogen (secondary N) is 1. The summed E-state index contributed by atoms with van der Waals surface area (Å²) in [5.74, 6) is 0.751. The molecule has 1 aliphatic rings. The molecule has 5 nitrogen and oxygen atoms in total. The van der Waals surface area contributed by atoms with Gasteiger partial charge in [-0.05, 0) is 35.8 Å². The van der Waals surface area contributed by atoms with Gasteiger partial charge in [-0.2, -0.15) is 5.26 Å². The highest BCUT2D eigenvalue weighted by molar-refractivity contribution is 6.09. The highest BCUT2D eigenvalue weighted by Gasteiger charge is 2.15. The minimum absolute atomic E-state index is 0.0388. The van der Waals surface area contributed by atoms with Crippen LogP contribution < -0.4 is 14.8 Å². The molecule has 0 aromatic heterocycles. The first-order chi connectivity index (χ1) is 11.7. The number of aryl methyl sites for hydroxylation is 1. The fourth-order valence-corrected chi connectivity index (χ4v) is 2.34. The van der Waals surface area contributed by atoms with Crippen molar-refractivity contribution in [3.63, 3.8) is 0 Å². The molecule has 1 N–H and O–H groups in total. The van der Waals surface area contributed by atoms with Crippen LogP contribution >= 0.6 is 0 Å². The summed E-state index contributed by atoms with van der Waals surface area (Å²) in [6.45, 7) is 2.24. The molecular formula is C19H16N2O3. The van der Waals surface area contributed by atoms with E-state index in [0.717, 1.165) is 12.0 Å². The van der Waals surface area contributed by atoms with Crippen molar-refractivity contribution in [2.45, 2.75) is 13.3 Å². The van der Waals surface area contributed by atoms with E-state index in [9.17, 15) is 10.1 Å². The van der Waals surface area contributed by atoms with Gasteiger partial charge in [-0.15, -0.1) is 0 Å². The number of hydrogen-bond acceptors (Lipinski definition) is 4. The first-order valence-corrected chi connectivity index (χ1v) is 7.61. The lowest BCUT2D eigenvalue weighted by Crippen LogP contribution is -2.13. The lowest BCUT2D eigenvalue weighted by molar-refractivity contribution is -0.112. The van der Waals surface area contributed by atoms with Gasteiger partial charge in [0.25, 0.3) is 5.91 Å². The van der Waals surface area contributed by atoms with Crippen molar-refractivity contribution in [3.8, 4) is 17.6 Å². The summed E-state index contributed by atoms with van der Waals surface area (Å²) in [5, 5.41) is 12.0. The lowest BCUT2D eigenvalue weighted by atomic mass is 10.1. The van der Waals surface area contributed by atoms with Crippen molar-refractivity contribution in [3.05, 3.63) is 59.2 Å². The zero-order valence-electron chi connectivity index (χ0n) is 13.2. The van der Waals surface area contributed by atoms with Gasteiger partial charge < -0.3 is 14.8 Å². The number of fused-ring (bicyclic) bond motifs is 1. The number of hydrogen-bond donors (Lipinski definition) is 1. The van der Waals surface area contributed by atoms with Crippen molar-refractivity contribution >= 4 is 17.7 Å². The minimum atomic E-state index is -0.462. The quantitative estimate of drug-likeness (QED) is 0.691. The summed E-state index contributed by atoms with van der Waals surface area (Å²) in [6.07, 6.45) is 2.52. The van der Waals surface area contributed by atoms with Crippen LogP contribution in [0, 0.1) is 11.3 Å². The van der Waals surface area contributed by atoms with E-state index in [0.29, 0.717) is 17.2 Å². The molecule has 0 aliphatic carbocycles. The standard InChI is InChI=1S/C19H16N2O3/c1-2-13-3-5-14(6-4-13)9-15(11-20)19(22)21-16-7-8-17-18(10-16)24-12-23-17/h3-10H,2,12H2,1H3,(H,21,22)/b15-9+. The van der Waals surface area contributed by atoms with Crippen LogP contribution in [0.2, 0.25) is 0 Å². The van der Waals surface area contributed by atoms with Crippen molar-refractivity contribution in [1.29, 1.82) is 5.26 Å². The monoisotopic (exact) mass is 320 g/mol. The van der Waals surface area contributed by atoms with Crippen LogP contribution in [-0.4, -0.2) is 12.7 Å². The van der Waals surface area contributed by atoms with E-state index in [1.807, 2.05) is 30.3 Å². The zero-order valence-corrected chi connectivity index (χ0v) is 13.2. The van der Waals surface area contributed by atoms with Gasteiger partial charge in [-0.25, -0.2) is 0 Å². The van der Waals surface area contributed by atoms with Gasteiger partial charge in [0.15, 0.2) is 11.5 Å². The first-order valence-electron chi connectivity index (χ1n) is 7.61. The van der Waals surface area contributed by atoms with Crippen LogP contribution in [0.4, 0.5) is 5.69 Å². The number of carbonyl (C=O) groups is 1. The third-order valence-electron chi connectivity index (χ3n) is 3.69. The van der Waals surface area contributed by atoms with E-state index >= 15 is 0 Å². The van der Waals surface area contributed by atoms with Gasteiger partial charge in [-0.1, -0.05) is 31.2 Å². The molecule has 0 spiro atoms. The Morgan fingerprint density at radius 2 is 1.96 bits per heavy atom. The molecule has 1 aliphatic heterocycles. The Morgan fingerprint density at radius 1 is 1.21 bits per heavy atom. The lowest BCUT2D eigenvalue weighted by Gasteiger charge is -2.05. The average molecular weight is 320 g/mol. The molecule has 0 saturated heterocycles. The second-order valence-electron chi connectivity index (χ2n) is 5.29. The summed E-state index contributed by atoms with van der Waals surface area (Å²) in [5.41, 5.74) is 2.60. The molecule has 1 heterocycles. The fourth-order valence-electron chi connectivity index (χ4n) is 2.34. The molecule has 0 fully saturated rings. The molecule has 0 atom stereocenters. The summed E-state index contributed by atoms with van der Waals surface area (Å²) in [6, 6.07) is 14.8. The Kier molecular flexibility index (Phi) is 4.48.